The second kappa shape index (κ2) is 7.94. The van der Waals surface area contributed by atoms with E-state index in [0.717, 1.165) is 18.5 Å². The quantitative estimate of drug-likeness (QED) is 0.683. The zero-order chi connectivity index (χ0) is 14.3. The zero-order valence-electron chi connectivity index (χ0n) is 12.4. The molecule has 1 aromatic heterocycles. The summed E-state index contributed by atoms with van der Waals surface area (Å²) < 4.78 is 5.51. The molecular formula is C14H26N2O2S. The highest BCUT2D eigenvalue weighted by molar-refractivity contribution is 7.09. The van der Waals surface area contributed by atoms with Crippen LogP contribution in [0.3, 0.4) is 0 Å². The molecule has 1 aromatic rings. The van der Waals surface area contributed by atoms with Gasteiger partial charge in [-0.1, -0.05) is 6.92 Å². The molecule has 0 radical (unpaired) electrons. The standard InChI is InChI=1S/C14H26N2O2S/c1-5-14(3,4)16-8-12(17)9-18-7-6-13-11(2)15-10-19-13/h10,12,16-17H,5-9H2,1-4H3. The average molecular weight is 286 g/mol. The molecule has 110 valence electrons. The fourth-order valence-electron chi connectivity index (χ4n) is 1.53. The van der Waals surface area contributed by atoms with E-state index in [0.29, 0.717) is 19.8 Å². The number of nitrogens with one attached hydrogen (secondary N) is 1. The van der Waals surface area contributed by atoms with Crippen molar-refractivity contribution in [2.75, 3.05) is 19.8 Å². The Morgan fingerprint density at radius 3 is 2.84 bits per heavy atom. The van der Waals surface area contributed by atoms with Crippen molar-refractivity contribution in [3.63, 3.8) is 0 Å². The maximum Gasteiger partial charge on any atom is 0.0897 e. The van der Waals surface area contributed by atoms with Gasteiger partial charge in [-0.3, -0.25) is 0 Å². The van der Waals surface area contributed by atoms with E-state index in [9.17, 15) is 5.11 Å². The van der Waals surface area contributed by atoms with Gasteiger partial charge in [-0.2, -0.15) is 0 Å². The molecule has 0 aliphatic rings. The molecule has 0 saturated heterocycles. The molecular weight excluding hydrogens is 260 g/mol. The van der Waals surface area contributed by atoms with Gasteiger partial charge in [0.2, 0.25) is 0 Å². The highest BCUT2D eigenvalue weighted by atomic mass is 32.1. The molecule has 1 atom stereocenters. The lowest BCUT2D eigenvalue weighted by Crippen LogP contribution is -2.44. The molecule has 0 fully saturated rings. The third kappa shape index (κ3) is 6.47. The second-order valence-electron chi connectivity index (χ2n) is 5.46. The molecule has 0 aliphatic carbocycles. The van der Waals surface area contributed by atoms with Crippen molar-refractivity contribution < 1.29 is 9.84 Å². The Morgan fingerprint density at radius 1 is 1.53 bits per heavy atom. The lowest BCUT2D eigenvalue weighted by molar-refractivity contribution is 0.0349. The van der Waals surface area contributed by atoms with Crippen LogP contribution >= 0.6 is 11.3 Å². The molecule has 0 aromatic carbocycles. The van der Waals surface area contributed by atoms with Gasteiger partial charge in [0.1, 0.15) is 0 Å². The number of hydrogen-bond acceptors (Lipinski definition) is 5. The zero-order valence-corrected chi connectivity index (χ0v) is 13.2. The van der Waals surface area contributed by atoms with Crippen LogP contribution in [0.2, 0.25) is 0 Å². The van der Waals surface area contributed by atoms with Crippen LogP contribution in [0.5, 0.6) is 0 Å². The minimum Gasteiger partial charge on any atom is -0.389 e. The first-order valence-corrected chi connectivity index (χ1v) is 7.72. The van der Waals surface area contributed by atoms with Crippen molar-refractivity contribution in [2.45, 2.75) is 52.2 Å². The Balaban J connectivity index is 2.11. The first kappa shape index (κ1) is 16.6. The normalized spacial score (nSPS) is 13.7. The Labute approximate surface area is 120 Å². The van der Waals surface area contributed by atoms with Gasteiger partial charge < -0.3 is 15.2 Å². The van der Waals surface area contributed by atoms with Crippen LogP contribution in [-0.4, -0.2) is 41.5 Å². The fraction of sp³-hybridized carbons (Fsp3) is 0.786. The number of β-amino-alcohol motifs (C(OH)–C–C–N with tert-alkyl or cyclic N) is 1. The van der Waals surface area contributed by atoms with E-state index in [1.807, 2.05) is 12.4 Å². The van der Waals surface area contributed by atoms with Crippen LogP contribution in [0.1, 0.15) is 37.8 Å². The Morgan fingerprint density at radius 2 is 2.26 bits per heavy atom. The Hall–Kier alpha value is -0.490. The minimum atomic E-state index is -0.451. The molecule has 0 amide bonds. The van der Waals surface area contributed by atoms with E-state index < -0.39 is 6.10 Å². The monoisotopic (exact) mass is 286 g/mol. The summed E-state index contributed by atoms with van der Waals surface area (Å²) in [5.74, 6) is 0. The third-order valence-corrected chi connectivity index (χ3v) is 4.32. The van der Waals surface area contributed by atoms with Crippen LogP contribution in [-0.2, 0) is 11.2 Å². The van der Waals surface area contributed by atoms with Gasteiger partial charge in [-0.05, 0) is 27.2 Å². The summed E-state index contributed by atoms with van der Waals surface area (Å²) in [4.78, 5) is 5.46. The number of aromatic nitrogens is 1. The van der Waals surface area contributed by atoms with E-state index in [1.54, 1.807) is 11.3 Å². The largest absolute Gasteiger partial charge is 0.389 e. The van der Waals surface area contributed by atoms with Crippen molar-refractivity contribution in [2.24, 2.45) is 0 Å². The highest BCUT2D eigenvalue weighted by Gasteiger charge is 2.15. The minimum absolute atomic E-state index is 0.0702. The van der Waals surface area contributed by atoms with Crippen molar-refractivity contribution in [1.29, 1.82) is 0 Å². The molecule has 4 nitrogen and oxygen atoms in total. The Kier molecular flexibility index (Phi) is 6.93. The second-order valence-corrected chi connectivity index (χ2v) is 6.40. The maximum atomic E-state index is 9.82. The predicted molar refractivity (Wildman–Crippen MR) is 79.8 cm³/mol. The van der Waals surface area contributed by atoms with Crippen molar-refractivity contribution in [3.05, 3.63) is 16.1 Å². The molecule has 5 heteroatoms. The molecule has 1 rings (SSSR count). The number of nitrogens with zero attached hydrogens (tertiary/aromatic N) is 1. The van der Waals surface area contributed by atoms with E-state index in [4.69, 9.17) is 4.74 Å². The van der Waals surface area contributed by atoms with E-state index in [-0.39, 0.29) is 5.54 Å². The summed E-state index contributed by atoms with van der Waals surface area (Å²) in [5, 5.41) is 13.2. The smallest absolute Gasteiger partial charge is 0.0897 e. The molecule has 1 heterocycles. The van der Waals surface area contributed by atoms with E-state index in [2.05, 4.69) is 31.1 Å². The van der Waals surface area contributed by atoms with Crippen LogP contribution in [0.25, 0.3) is 0 Å². The number of aliphatic hydroxyl groups excluding tert-OH is 1. The number of rotatable bonds is 9. The molecule has 0 saturated carbocycles. The van der Waals surface area contributed by atoms with Gasteiger partial charge in [0.05, 0.1) is 30.5 Å². The van der Waals surface area contributed by atoms with Crippen molar-refractivity contribution >= 4 is 11.3 Å². The van der Waals surface area contributed by atoms with Gasteiger partial charge in [0.15, 0.2) is 0 Å². The number of aryl methyl sites for hydroxylation is 1. The van der Waals surface area contributed by atoms with Crippen LogP contribution in [0.15, 0.2) is 5.51 Å². The molecule has 0 bridgehead atoms. The van der Waals surface area contributed by atoms with Crippen LogP contribution in [0.4, 0.5) is 0 Å². The summed E-state index contributed by atoms with van der Waals surface area (Å²) in [7, 11) is 0. The SMILES string of the molecule is CCC(C)(C)NCC(O)COCCc1scnc1C. The highest BCUT2D eigenvalue weighted by Crippen LogP contribution is 2.12. The van der Waals surface area contributed by atoms with Gasteiger partial charge in [-0.25, -0.2) is 4.98 Å². The lowest BCUT2D eigenvalue weighted by atomic mass is 10.0. The summed E-state index contributed by atoms with van der Waals surface area (Å²) >= 11 is 1.66. The topological polar surface area (TPSA) is 54.4 Å². The van der Waals surface area contributed by atoms with Gasteiger partial charge in [0, 0.05) is 23.4 Å². The van der Waals surface area contributed by atoms with Crippen molar-refractivity contribution in [1.82, 2.24) is 10.3 Å². The molecule has 2 N–H and O–H groups in total. The summed E-state index contributed by atoms with van der Waals surface area (Å²) in [6.07, 6.45) is 1.45. The number of aliphatic hydroxyl groups is 1. The van der Waals surface area contributed by atoms with E-state index in [1.165, 1.54) is 4.88 Å². The summed E-state index contributed by atoms with van der Waals surface area (Å²) in [6.45, 7) is 9.99. The summed E-state index contributed by atoms with van der Waals surface area (Å²) in [6, 6.07) is 0. The number of ether oxygens (including phenoxy) is 1. The lowest BCUT2D eigenvalue weighted by Gasteiger charge is -2.26. The predicted octanol–water partition coefficient (Wildman–Crippen LogP) is 2.15. The maximum absolute atomic E-state index is 9.82. The Bertz CT molecular complexity index is 366. The van der Waals surface area contributed by atoms with Crippen LogP contribution in [0, 0.1) is 6.92 Å². The first-order valence-electron chi connectivity index (χ1n) is 6.84. The molecule has 0 aliphatic heterocycles. The summed E-state index contributed by atoms with van der Waals surface area (Å²) in [5.41, 5.74) is 3.01. The third-order valence-electron chi connectivity index (χ3n) is 3.33. The van der Waals surface area contributed by atoms with Gasteiger partial charge in [-0.15, -0.1) is 11.3 Å². The first-order chi connectivity index (χ1) is 8.94. The molecule has 1 unspecified atom stereocenters. The number of thiazole rings is 1. The molecule has 0 spiro atoms. The van der Waals surface area contributed by atoms with Gasteiger partial charge in [0.25, 0.3) is 0 Å². The van der Waals surface area contributed by atoms with Crippen LogP contribution < -0.4 is 5.32 Å². The van der Waals surface area contributed by atoms with Gasteiger partial charge >= 0.3 is 0 Å². The average Bonchev–Trinajstić information content (AvgIpc) is 2.78. The van der Waals surface area contributed by atoms with E-state index >= 15 is 0 Å². The number of hydrogen-bond donors (Lipinski definition) is 2. The fourth-order valence-corrected chi connectivity index (χ4v) is 2.29. The van der Waals surface area contributed by atoms with Crippen molar-refractivity contribution in [3.8, 4) is 0 Å². The molecule has 19 heavy (non-hydrogen) atoms.